The smallest absolute Gasteiger partial charge is 0.409 e. The molecule has 1 aromatic rings. The number of nitrogens with one attached hydrogen (secondary N) is 1. The second-order valence-electron chi connectivity index (χ2n) is 3.16. The van der Waals surface area contributed by atoms with Crippen molar-refractivity contribution in [1.82, 2.24) is 5.32 Å². The molecule has 0 saturated carbocycles. The molecule has 0 aliphatic heterocycles. The van der Waals surface area contributed by atoms with E-state index in [1.165, 1.54) is 7.11 Å². The van der Waals surface area contributed by atoms with Crippen LogP contribution in [-0.2, 0) is 20.9 Å². The number of carbonyl (C=O) groups is 2. The van der Waals surface area contributed by atoms with Crippen LogP contribution in [0, 0.1) is 0 Å². The van der Waals surface area contributed by atoms with E-state index < -0.39 is 18.3 Å². The van der Waals surface area contributed by atoms with Gasteiger partial charge in [0.05, 0.1) is 0 Å². The van der Waals surface area contributed by atoms with E-state index in [9.17, 15) is 9.59 Å². The Morgan fingerprint density at radius 2 is 2.00 bits per heavy atom. The number of aliphatic carboxylic acids is 1. The van der Waals surface area contributed by atoms with Crippen molar-refractivity contribution < 1.29 is 24.2 Å². The summed E-state index contributed by atoms with van der Waals surface area (Å²) >= 11 is 0. The van der Waals surface area contributed by atoms with Gasteiger partial charge in [-0.3, -0.25) is 5.32 Å². The van der Waals surface area contributed by atoms with Crippen LogP contribution in [-0.4, -0.2) is 30.5 Å². The van der Waals surface area contributed by atoms with Crippen molar-refractivity contribution in [3.63, 3.8) is 0 Å². The summed E-state index contributed by atoms with van der Waals surface area (Å²) in [5.41, 5.74) is 0.812. The Balaban J connectivity index is 2.37. The lowest BCUT2D eigenvalue weighted by Gasteiger charge is -2.12. The molecule has 0 unspecified atom stereocenters. The summed E-state index contributed by atoms with van der Waals surface area (Å²) in [5, 5.41) is 10.7. The van der Waals surface area contributed by atoms with Crippen molar-refractivity contribution in [2.24, 2.45) is 0 Å². The van der Waals surface area contributed by atoms with Gasteiger partial charge in [-0.1, -0.05) is 30.3 Å². The lowest BCUT2D eigenvalue weighted by Crippen LogP contribution is -2.42. The molecule has 0 aliphatic rings. The molecule has 6 nitrogen and oxygen atoms in total. The molecule has 0 fully saturated rings. The zero-order valence-corrected chi connectivity index (χ0v) is 9.25. The molecule has 0 spiro atoms. The summed E-state index contributed by atoms with van der Waals surface area (Å²) in [6.45, 7) is 0.0721. The highest BCUT2D eigenvalue weighted by Gasteiger charge is 2.19. The Kier molecular flexibility index (Phi) is 4.96. The lowest BCUT2D eigenvalue weighted by molar-refractivity contribution is -0.150. The van der Waals surface area contributed by atoms with Crippen molar-refractivity contribution in [3.05, 3.63) is 35.9 Å². The summed E-state index contributed by atoms with van der Waals surface area (Å²) < 4.78 is 9.34. The number of methoxy groups -OCH3 is 1. The first-order valence-corrected chi connectivity index (χ1v) is 4.86. The third kappa shape index (κ3) is 4.52. The van der Waals surface area contributed by atoms with Gasteiger partial charge in [0.2, 0.25) is 6.23 Å². The molecule has 0 bridgehead atoms. The van der Waals surface area contributed by atoms with Crippen LogP contribution in [0.1, 0.15) is 5.56 Å². The summed E-state index contributed by atoms with van der Waals surface area (Å²) in [7, 11) is 1.18. The molecule has 0 radical (unpaired) electrons. The summed E-state index contributed by atoms with van der Waals surface area (Å²) in [5.74, 6) is -1.29. The SMILES string of the molecule is CO[C@H](NC(=O)OCc1ccccc1)C(=O)O. The minimum atomic E-state index is -1.40. The maximum atomic E-state index is 11.2. The molecule has 1 atom stereocenters. The number of alkyl carbamates (subject to hydrolysis) is 1. The fourth-order valence-corrected chi connectivity index (χ4v) is 1.09. The lowest BCUT2D eigenvalue weighted by atomic mass is 10.2. The van der Waals surface area contributed by atoms with Gasteiger partial charge in [0, 0.05) is 7.11 Å². The number of hydrogen-bond acceptors (Lipinski definition) is 4. The van der Waals surface area contributed by atoms with Gasteiger partial charge in [0.25, 0.3) is 0 Å². The van der Waals surface area contributed by atoms with Crippen LogP contribution in [0.5, 0.6) is 0 Å². The first-order chi connectivity index (χ1) is 8.13. The summed E-state index contributed by atoms with van der Waals surface area (Å²) in [6, 6.07) is 9.04. The number of amides is 1. The number of carboxylic acid groups (broad SMARTS) is 1. The maximum absolute atomic E-state index is 11.2. The van der Waals surface area contributed by atoms with Crippen molar-refractivity contribution in [2.75, 3.05) is 7.11 Å². The van der Waals surface area contributed by atoms with E-state index in [1.807, 2.05) is 18.2 Å². The number of rotatable bonds is 5. The summed E-state index contributed by atoms with van der Waals surface area (Å²) in [4.78, 5) is 21.8. The Bertz CT molecular complexity index is 379. The fourth-order valence-electron chi connectivity index (χ4n) is 1.09. The molecule has 2 N–H and O–H groups in total. The van der Waals surface area contributed by atoms with Gasteiger partial charge in [0.1, 0.15) is 6.61 Å². The number of carbonyl (C=O) groups excluding carboxylic acids is 1. The third-order valence-electron chi connectivity index (χ3n) is 1.92. The van der Waals surface area contributed by atoms with Gasteiger partial charge in [-0.05, 0) is 5.56 Å². The van der Waals surface area contributed by atoms with Crippen molar-refractivity contribution >= 4 is 12.1 Å². The molecular weight excluding hydrogens is 226 g/mol. The van der Waals surface area contributed by atoms with E-state index in [-0.39, 0.29) is 6.61 Å². The zero-order chi connectivity index (χ0) is 12.7. The molecule has 6 heteroatoms. The molecule has 0 heterocycles. The van der Waals surface area contributed by atoms with Crippen LogP contribution in [0.2, 0.25) is 0 Å². The van der Waals surface area contributed by atoms with Crippen molar-refractivity contribution in [1.29, 1.82) is 0 Å². The van der Waals surface area contributed by atoms with Crippen LogP contribution in [0.15, 0.2) is 30.3 Å². The van der Waals surface area contributed by atoms with Gasteiger partial charge in [-0.2, -0.15) is 0 Å². The third-order valence-corrected chi connectivity index (χ3v) is 1.92. The number of hydrogen-bond donors (Lipinski definition) is 2. The Morgan fingerprint density at radius 1 is 1.35 bits per heavy atom. The minimum Gasteiger partial charge on any atom is -0.478 e. The highest BCUT2D eigenvalue weighted by molar-refractivity contribution is 5.78. The molecule has 1 aromatic carbocycles. The summed E-state index contributed by atoms with van der Waals surface area (Å²) in [6.07, 6.45) is -2.25. The van der Waals surface area contributed by atoms with E-state index in [1.54, 1.807) is 12.1 Å². The minimum absolute atomic E-state index is 0.0721. The predicted molar refractivity (Wildman–Crippen MR) is 58.2 cm³/mol. The first kappa shape index (κ1) is 13.0. The van der Waals surface area contributed by atoms with E-state index in [0.29, 0.717) is 0 Å². The van der Waals surface area contributed by atoms with Gasteiger partial charge in [-0.15, -0.1) is 0 Å². The highest BCUT2D eigenvalue weighted by Crippen LogP contribution is 2.00. The van der Waals surface area contributed by atoms with E-state index in [2.05, 4.69) is 10.1 Å². The number of benzene rings is 1. The van der Waals surface area contributed by atoms with Crippen molar-refractivity contribution in [3.8, 4) is 0 Å². The second-order valence-corrected chi connectivity index (χ2v) is 3.16. The Labute approximate surface area is 98.2 Å². The molecule has 0 saturated heterocycles. The number of carboxylic acids is 1. The highest BCUT2D eigenvalue weighted by atomic mass is 16.6. The first-order valence-electron chi connectivity index (χ1n) is 4.86. The maximum Gasteiger partial charge on any atom is 0.409 e. The largest absolute Gasteiger partial charge is 0.478 e. The predicted octanol–water partition coefficient (Wildman–Crippen LogP) is 0.970. The average molecular weight is 239 g/mol. The van der Waals surface area contributed by atoms with Crippen LogP contribution >= 0.6 is 0 Å². The quantitative estimate of drug-likeness (QED) is 0.748. The molecule has 17 heavy (non-hydrogen) atoms. The van der Waals surface area contributed by atoms with Crippen LogP contribution in [0.25, 0.3) is 0 Å². The van der Waals surface area contributed by atoms with Crippen LogP contribution in [0.4, 0.5) is 4.79 Å². The second kappa shape index (κ2) is 6.49. The Morgan fingerprint density at radius 3 is 2.53 bits per heavy atom. The fraction of sp³-hybridized carbons (Fsp3) is 0.273. The molecule has 92 valence electrons. The standard InChI is InChI=1S/C11H13NO5/c1-16-9(10(13)14)12-11(15)17-7-8-5-3-2-4-6-8/h2-6,9H,7H2,1H3,(H,12,15)(H,13,14)/t9-/m0/s1. The van der Waals surface area contributed by atoms with Gasteiger partial charge >= 0.3 is 12.1 Å². The van der Waals surface area contributed by atoms with Crippen molar-refractivity contribution in [2.45, 2.75) is 12.8 Å². The van der Waals surface area contributed by atoms with Crippen LogP contribution < -0.4 is 5.32 Å². The van der Waals surface area contributed by atoms with Gasteiger partial charge < -0.3 is 14.6 Å². The monoisotopic (exact) mass is 239 g/mol. The Hall–Kier alpha value is -2.08. The zero-order valence-electron chi connectivity index (χ0n) is 9.25. The van der Waals surface area contributed by atoms with E-state index >= 15 is 0 Å². The topological polar surface area (TPSA) is 84.9 Å². The molecular formula is C11H13NO5. The molecule has 0 aliphatic carbocycles. The molecule has 1 rings (SSSR count). The average Bonchev–Trinajstić information content (AvgIpc) is 2.34. The number of ether oxygens (including phenoxy) is 2. The normalized spacial score (nSPS) is 11.6. The van der Waals surface area contributed by atoms with E-state index in [4.69, 9.17) is 9.84 Å². The van der Waals surface area contributed by atoms with E-state index in [0.717, 1.165) is 5.56 Å². The molecule has 1 amide bonds. The van der Waals surface area contributed by atoms with Gasteiger partial charge in [0.15, 0.2) is 0 Å². The van der Waals surface area contributed by atoms with Gasteiger partial charge in [-0.25, -0.2) is 9.59 Å². The molecule has 0 aromatic heterocycles. The van der Waals surface area contributed by atoms with Crippen LogP contribution in [0.3, 0.4) is 0 Å².